The number of imide groups is 1. The topological polar surface area (TPSA) is 66.5 Å². The molecule has 1 aromatic heterocycles. The zero-order chi connectivity index (χ0) is 17.5. The van der Waals surface area contributed by atoms with Gasteiger partial charge in [0.2, 0.25) is 0 Å². The summed E-state index contributed by atoms with van der Waals surface area (Å²) in [5, 5.41) is 2.70. The van der Waals surface area contributed by atoms with Gasteiger partial charge in [-0.15, -0.1) is 11.3 Å². The first-order valence-corrected chi connectivity index (χ1v) is 8.92. The van der Waals surface area contributed by atoms with E-state index in [1.165, 1.54) is 11.3 Å². The van der Waals surface area contributed by atoms with Crippen molar-refractivity contribution >= 4 is 45.0 Å². The number of carbonyl (C=O) groups excluding carboxylic acids is 3. The summed E-state index contributed by atoms with van der Waals surface area (Å²) in [6.07, 6.45) is 0. The standard InChI is InChI=1S/C17H15BrN2O3S/c1-10-6-7-14(24-10)13(21)9-20-15(22)17(2,19-16(20)23)11-4-3-5-12(18)8-11/h3-8H,9H2,1-2H3,(H,19,23)/t17-/m1/s1. The highest BCUT2D eigenvalue weighted by molar-refractivity contribution is 9.10. The highest BCUT2D eigenvalue weighted by Gasteiger charge is 2.49. The molecule has 24 heavy (non-hydrogen) atoms. The molecule has 2 aromatic rings. The van der Waals surface area contributed by atoms with Gasteiger partial charge in [0, 0.05) is 9.35 Å². The van der Waals surface area contributed by atoms with Crippen molar-refractivity contribution in [3.63, 3.8) is 0 Å². The first-order valence-electron chi connectivity index (χ1n) is 7.31. The van der Waals surface area contributed by atoms with Gasteiger partial charge in [0.05, 0.1) is 11.4 Å². The quantitative estimate of drug-likeness (QED) is 0.624. The largest absolute Gasteiger partial charge is 0.325 e. The molecule has 0 aliphatic carbocycles. The van der Waals surface area contributed by atoms with Crippen LogP contribution in [-0.2, 0) is 10.3 Å². The van der Waals surface area contributed by atoms with Gasteiger partial charge < -0.3 is 5.32 Å². The van der Waals surface area contributed by atoms with Crippen LogP contribution in [0, 0.1) is 6.92 Å². The number of nitrogens with zero attached hydrogens (tertiary/aromatic N) is 1. The molecule has 1 aliphatic rings. The van der Waals surface area contributed by atoms with Crippen LogP contribution in [0.2, 0.25) is 0 Å². The normalized spacial score (nSPS) is 20.4. The predicted octanol–water partition coefficient (Wildman–Crippen LogP) is 3.47. The minimum absolute atomic E-state index is 0.241. The van der Waals surface area contributed by atoms with E-state index in [0.717, 1.165) is 14.2 Å². The molecule has 0 unspecified atom stereocenters. The van der Waals surface area contributed by atoms with Gasteiger partial charge in [0.1, 0.15) is 5.54 Å². The van der Waals surface area contributed by atoms with Crippen LogP contribution in [0.3, 0.4) is 0 Å². The van der Waals surface area contributed by atoms with Gasteiger partial charge in [-0.05, 0) is 43.7 Å². The number of thiophene rings is 1. The number of amides is 3. The van der Waals surface area contributed by atoms with Crippen molar-refractivity contribution in [3.8, 4) is 0 Å². The summed E-state index contributed by atoms with van der Waals surface area (Å²) in [6, 6.07) is 10.2. The first kappa shape index (κ1) is 16.9. The van der Waals surface area contributed by atoms with Crippen molar-refractivity contribution in [2.75, 3.05) is 6.54 Å². The zero-order valence-electron chi connectivity index (χ0n) is 13.1. The molecule has 0 spiro atoms. The Morgan fingerprint density at radius 2 is 2.04 bits per heavy atom. The third-order valence-corrected chi connectivity index (χ3v) is 5.53. The van der Waals surface area contributed by atoms with Crippen molar-refractivity contribution in [1.29, 1.82) is 0 Å². The molecule has 0 bridgehead atoms. The molecule has 1 N–H and O–H groups in total. The van der Waals surface area contributed by atoms with E-state index in [1.807, 2.05) is 19.1 Å². The van der Waals surface area contributed by atoms with Gasteiger partial charge in [0.25, 0.3) is 5.91 Å². The summed E-state index contributed by atoms with van der Waals surface area (Å²) in [6.45, 7) is 3.29. The van der Waals surface area contributed by atoms with Crippen molar-refractivity contribution in [2.45, 2.75) is 19.4 Å². The van der Waals surface area contributed by atoms with Crippen LogP contribution in [0.4, 0.5) is 4.79 Å². The maximum Gasteiger partial charge on any atom is 0.325 e. The summed E-state index contributed by atoms with van der Waals surface area (Å²) in [7, 11) is 0. The van der Waals surface area contributed by atoms with Crippen LogP contribution in [-0.4, -0.2) is 29.2 Å². The van der Waals surface area contributed by atoms with Gasteiger partial charge in [-0.1, -0.05) is 28.1 Å². The Morgan fingerprint density at radius 3 is 2.67 bits per heavy atom. The molecule has 5 nitrogen and oxygen atoms in total. The monoisotopic (exact) mass is 406 g/mol. The third-order valence-electron chi connectivity index (χ3n) is 3.99. The highest BCUT2D eigenvalue weighted by Crippen LogP contribution is 2.30. The Morgan fingerprint density at radius 1 is 1.29 bits per heavy atom. The Labute approximate surface area is 151 Å². The van der Waals surface area contributed by atoms with Crippen LogP contribution in [0.15, 0.2) is 40.9 Å². The van der Waals surface area contributed by atoms with Crippen molar-refractivity contribution in [2.24, 2.45) is 0 Å². The molecule has 3 amide bonds. The van der Waals surface area contributed by atoms with Gasteiger partial charge in [0.15, 0.2) is 5.78 Å². The number of urea groups is 1. The number of aryl methyl sites for hydroxylation is 1. The second kappa shape index (κ2) is 6.14. The second-order valence-corrected chi connectivity index (χ2v) is 7.99. The number of halogens is 1. The molecule has 1 saturated heterocycles. The Kier molecular flexibility index (Phi) is 4.31. The summed E-state index contributed by atoms with van der Waals surface area (Å²) in [5.41, 5.74) is -0.510. The van der Waals surface area contributed by atoms with Gasteiger partial charge in [-0.2, -0.15) is 0 Å². The molecule has 1 aromatic carbocycles. The summed E-state index contributed by atoms with van der Waals surface area (Å²) in [5.74, 6) is -0.665. The summed E-state index contributed by atoms with van der Waals surface area (Å²) >= 11 is 4.72. The zero-order valence-corrected chi connectivity index (χ0v) is 15.5. The summed E-state index contributed by atoms with van der Waals surface area (Å²) in [4.78, 5) is 39.9. The fourth-order valence-corrected chi connectivity index (χ4v) is 3.84. The first-order chi connectivity index (χ1) is 11.3. The van der Waals surface area contributed by atoms with Crippen molar-refractivity contribution in [1.82, 2.24) is 10.2 Å². The number of hydrogen-bond acceptors (Lipinski definition) is 4. The Bertz CT molecular complexity index is 848. The predicted molar refractivity (Wildman–Crippen MR) is 95.1 cm³/mol. The molecule has 0 radical (unpaired) electrons. The van der Waals surface area contributed by atoms with E-state index < -0.39 is 17.5 Å². The molecular formula is C17H15BrN2O3S. The van der Waals surface area contributed by atoms with Gasteiger partial charge in [-0.3, -0.25) is 14.5 Å². The molecule has 7 heteroatoms. The molecule has 2 heterocycles. The lowest BCUT2D eigenvalue weighted by Crippen LogP contribution is -2.41. The highest BCUT2D eigenvalue weighted by atomic mass is 79.9. The molecule has 1 atom stereocenters. The average Bonchev–Trinajstić information content (AvgIpc) is 3.05. The van der Waals surface area contributed by atoms with E-state index in [1.54, 1.807) is 31.2 Å². The van der Waals surface area contributed by atoms with E-state index in [0.29, 0.717) is 10.4 Å². The van der Waals surface area contributed by atoms with E-state index in [4.69, 9.17) is 0 Å². The smallest absolute Gasteiger partial charge is 0.319 e. The fourth-order valence-electron chi connectivity index (χ4n) is 2.64. The summed E-state index contributed by atoms with van der Waals surface area (Å²) < 4.78 is 0.812. The third kappa shape index (κ3) is 2.89. The molecule has 124 valence electrons. The van der Waals surface area contributed by atoms with Crippen LogP contribution in [0.25, 0.3) is 0 Å². The van der Waals surface area contributed by atoms with E-state index >= 15 is 0 Å². The number of benzene rings is 1. The van der Waals surface area contributed by atoms with Gasteiger partial charge in [-0.25, -0.2) is 4.79 Å². The molecule has 1 aliphatic heterocycles. The Hall–Kier alpha value is -1.99. The average molecular weight is 407 g/mol. The maximum atomic E-state index is 12.8. The van der Waals surface area contributed by atoms with Crippen molar-refractivity contribution < 1.29 is 14.4 Å². The second-order valence-electron chi connectivity index (χ2n) is 5.79. The molecule has 0 saturated carbocycles. The number of nitrogens with one attached hydrogen (secondary N) is 1. The van der Waals surface area contributed by atoms with Crippen LogP contribution < -0.4 is 5.32 Å². The molecular weight excluding hydrogens is 392 g/mol. The number of rotatable bonds is 4. The minimum Gasteiger partial charge on any atom is -0.319 e. The number of ketones is 1. The minimum atomic E-state index is -1.17. The van der Waals surface area contributed by atoms with Crippen LogP contribution in [0.5, 0.6) is 0 Å². The lowest BCUT2D eigenvalue weighted by atomic mass is 9.92. The van der Waals surface area contributed by atoms with Crippen LogP contribution in [0.1, 0.15) is 27.0 Å². The number of carbonyl (C=O) groups is 3. The van der Waals surface area contributed by atoms with E-state index in [2.05, 4.69) is 21.2 Å². The lowest BCUT2D eigenvalue weighted by molar-refractivity contribution is -0.130. The van der Waals surface area contributed by atoms with E-state index in [-0.39, 0.29) is 12.3 Å². The fraction of sp³-hybridized carbons (Fsp3) is 0.235. The van der Waals surface area contributed by atoms with E-state index in [9.17, 15) is 14.4 Å². The maximum absolute atomic E-state index is 12.8. The molecule has 3 rings (SSSR count). The Balaban J connectivity index is 1.85. The number of hydrogen-bond donors (Lipinski definition) is 1. The lowest BCUT2D eigenvalue weighted by Gasteiger charge is -2.22. The SMILES string of the molecule is Cc1ccc(C(=O)CN2C(=O)N[C@](C)(c3cccc(Br)c3)C2=O)s1. The molecule has 1 fully saturated rings. The number of Topliss-reactive ketones (excluding diaryl/α,β-unsaturated/α-hetero) is 1. The van der Waals surface area contributed by atoms with Crippen molar-refractivity contribution in [3.05, 3.63) is 56.2 Å². The van der Waals surface area contributed by atoms with Gasteiger partial charge >= 0.3 is 6.03 Å². The van der Waals surface area contributed by atoms with Crippen LogP contribution >= 0.6 is 27.3 Å².